The van der Waals surface area contributed by atoms with Crippen molar-refractivity contribution < 1.29 is 17.9 Å². The third-order valence-corrected chi connectivity index (χ3v) is 5.51. The lowest BCUT2D eigenvalue weighted by Crippen LogP contribution is -2.17. The number of carbonyl (C=O) groups is 1. The third-order valence-electron chi connectivity index (χ3n) is 2.66. The van der Waals surface area contributed by atoms with E-state index in [-0.39, 0.29) is 40.8 Å². The Kier molecular flexibility index (Phi) is 5.99. The number of sulfone groups is 1. The summed E-state index contributed by atoms with van der Waals surface area (Å²) in [6.45, 7) is 3.59. The van der Waals surface area contributed by atoms with Crippen LogP contribution in [0.3, 0.4) is 0 Å². The molecule has 0 radical (unpaired) electrons. The molecule has 0 aliphatic rings. The van der Waals surface area contributed by atoms with Crippen molar-refractivity contribution >= 4 is 37.8 Å². The van der Waals surface area contributed by atoms with Crippen LogP contribution in [-0.2, 0) is 14.6 Å². The van der Waals surface area contributed by atoms with E-state index in [1.54, 1.807) is 13.8 Å². The average molecular weight is 331 g/mol. The van der Waals surface area contributed by atoms with Crippen LogP contribution in [0, 0.1) is 11.3 Å². The van der Waals surface area contributed by atoms with E-state index >= 15 is 0 Å². The van der Waals surface area contributed by atoms with Gasteiger partial charge in [-0.25, -0.2) is 13.2 Å². The number of carbonyl (C=O) groups excluding carboxylic acids is 1. The number of nitrogens with one attached hydrogen (secondary N) is 1. The fourth-order valence-electron chi connectivity index (χ4n) is 1.49. The molecule has 0 aromatic carbocycles. The van der Waals surface area contributed by atoms with Gasteiger partial charge in [0.1, 0.15) is 21.5 Å². The quantitative estimate of drug-likeness (QED) is 0.720. The highest BCUT2D eigenvalue weighted by Crippen LogP contribution is 2.35. The zero-order valence-corrected chi connectivity index (χ0v) is 13.4. The highest BCUT2D eigenvalue weighted by Gasteiger charge is 2.22. The Bertz CT molecular complexity index is 659. The summed E-state index contributed by atoms with van der Waals surface area (Å²) in [6.07, 6.45) is 0. The smallest absolute Gasteiger partial charge is 0.350 e. The van der Waals surface area contributed by atoms with Crippen molar-refractivity contribution in [3.8, 4) is 6.07 Å². The van der Waals surface area contributed by atoms with Gasteiger partial charge in [0.2, 0.25) is 0 Å². The van der Waals surface area contributed by atoms with Gasteiger partial charge in [-0.3, -0.25) is 0 Å². The number of thiophene rings is 1. The van der Waals surface area contributed by atoms with Crippen LogP contribution in [-0.4, -0.2) is 39.0 Å². The largest absolute Gasteiger partial charge is 0.462 e. The second-order valence-electron chi connectivity index (χ2n) is 4.04. The molecule has 0 aliphatic heterocycles. The van der Waals surface area contributed by atoms with E-state index in [2.05, 4.69) is 5.32 Å². The average Bonchev–Trinajstić information content (AvgIpc) is 2.75. The number of hydrogen-bond donors (Lipinski definition) is 2. The van der Waals surface area contributed by atoms with Crippen LogP contribution >= 0.6 is 11.3 Å². The van der Waals surface area contributed by atoms with Crippen LogP contribution in [0.15, 0.2) is 0 Å². The van der Waals surface area contributed by atoms with E-state index in [0.29, 0.717) is 5.00 Å². The first-order valence-corrected chi connectivity index (χ1v) is 8.93. The molecule has 0 atom stereocenters. The number of hydrogen-bond acceptors (Lipinski definition) is 8. The molecule has 0 unspecified atom stereocenters. The molecule has 116 valence electrons. The Hall–Kier alpha value is -1.79. The maximum Gasteiger partial charge on any atom is 0.350 e. The summed E-state index contributed by atoms with van der Waals surface area (Å²) in [5.74, 6) is -0.591. The number of nitrogens with two attached hydrogens (primary N) is 1. The number of nitrogens with zero attached hydrogens (tertiary/aromatic N) is 1. The van der Waals surface area contributed by atoms with Gasteiger partial charge in [-0.05, 0) is 6.92 Å². The molecule has 1 aromatic heterocycles. The molecule has 9 heteroatoms. The highest BCUT2D eigenvalue weighted by molar-refractivity contribution is 7.91. The first kappa shape index (κ1) is 17.3. The molecule has 0 saturated carbocycles. The van der Waals surface area contributed by atoms with Gasteiger partial charge < -0.3 is 15.8 Å². The number of nitrogen functional groups attached to an aromatic ring is 1. The minimum absolute atomic E-state index is 0.0546. The molecule has 0 amide bonds. The molecule has 0 aliphatic carbocycles. The minimum atomic E-state index is -3.10. The number of ether oxygens (including phenoxy) is 1. The predicted octanol–water partition coefficient (Wildman–Crippen LogP) is 1.23. The number of esters is 1. The van der Waals surface area contributed by atoms with Crippen molar-refractivity contribution in [2.75, 3.05) is 35.7 Å². The molecule has 1 aromatic rings. The molecule has 0 fully saturated rings. The Morgan fingerprint density at radius 2 is 2.14 bits per heavy atom. The Labute approximate surface area is 127 Å². The molecule has 0 saturated heterocycles. The lowest BCUT2D eigenvalue weighted by molar-refractivity contribution is 0.0533. The number of rotatable bonds is 7. The standard InChI is InChI=1S/C12H17N3O4S2/c1-3-19-12(16)10-9(14)8(7-13)11(20-10)15-5-6-21(17,18)4-2/h15H,3-6,14H2,1-2H3. The van der Waals surface area contributed by atoms with Gasteiger partial charge >= 0.3 is 5.97 Å². The molecule has 3 N–H and O–H groups in total. The second kappa shape index (κ2) is 7.28. The lowest BCUT2D eigenvalue weighted by atomic mass is 10.2. The van der Waals surface area contributed by atoms with E-state index in [1.165, 1.54) is 0 Å². The van der Waals surface area contributed by atoms with Crippen molar-refractivity contribution in [1.82, 2.24) is 0 Å². The molecule has 21 heavy (non-hydrogen) atoms. The summed E-state index contributed by atoms with van der Waals surface area (Å²) in [6, 6.07) is 1.91. The van der Waals surface area contributed by atoms with Crippen LogP contribution < -0.4 is 11.1 Å². The summed E-state index contributed by atoms with van der Waals surface area (Å²) < 4.78 is 27.7. The topological polar surface area (TPSA) is 122 Å². The van der Waals surface area contributed by atoms with Crippen LogP contribution in [0.2, 0.25) is 0 Å². The maximum atomic E-state index is 11.7. The van der Waals surface area contributed by atoms with Crippen molar-refractivity contribution in [2.45, 2.75) is 13.8 Å². The van der Waals surface area contributed by atoms with Gasteiger partial charge in [0, 0.05) is 12.3 Å². The minimum Gasteiger partial charge on any atom is -0.462 e. The summed E-state index contributed by atoms with van der Waals surface area (Å²) in [4.78, 5) is 11.8. The van der Waals surface area contributed by atoms with Crippen molar-refractivity contribution in [2.24, 2.45) is 0 Å². The van der Waals surface area contributed by atoms with Crippen LogP contribution in [0.4, 0.5) is 10.7 Å². The Morgan fingerprint density at radius 1 is 1.48 bits per heavy atom. The maximum absolute atomic E-state index is 11.7. The normalized spacial score (nSPS) is 10.9. The van der Waals surface area contributed by atoms with Crippen LogP contribution in [0.25, 0.3) is 0 Å². The predicted molar refractivity (Wildman–Crippen MR) is 82.2 cm³/mol. The highest BCUT2D eigenvalue weighted by atomic mass is 32.2. The van der Waals surface area contributed by atoms with E-state index in [0.717, 1.165) is 11.3 Å². The zero-order chi connectivity index (χ0) is 16.0. The number of anilines is 2. The van der Waals surface area contributed by atoms with E-state index < -0.39 is 15.8 Å². The van der Waals surface area contributed by atoms with E-state index in [1.807, 2.05) is 6.07 Å². The van der Waals surface area contributed by atoms with Crippen molar-refractivity contribution in [1.29, 1.82) is 5.26 Å². The molecule has 1 rings (SSSR count). The number of nitriles is 1. The summed E-state index contributed by atoms with van der Waals surface area (Å²) >= 11 is 0.989. The Morgan fingerprint density at radius 3 is 2.67 bits per heavy atom. The molecule has 7 nitrogen and oxygen atoms in total. The fraction of sp³-hybridized carbons (Fsp3) is 0.500. The van der Waals surface area contributed by atoms with Gasteiger partial charge in [0.25, 0.3) is 0 Å². The van der Waals surface area contributed by atoms with E-state index in [9.17, 15) is 13.2 Å². The summed E-state index contributed by atoms with van der Waals surface area (Å²) in [5.41, 5.74) is 5.95. The van der Waals surface area contributed by atoms with Gasteiger partial charge in [-0.1, -0.05) is 6.92 Å². The Balaban J connectivity index is 2.91. The molecular weight excluding hydrogens is 314 g/mol. The molecular formula is C12H17N3O4S2. The van der Waals surface area contributed by atoms with Crippen molar-refractivity contribution in [3.05, 3.63) is 10.4 Å². The molecule has 0 spiro atoms. The summed E-state index contributed by atoms with van der Waals surface area (Å²) in [7, 11) is -3.10. The van der Waals surface area contributed by atoms with Gasteiger partial charge in [-0.2, -0.15) is 5.26 Å². The molecule has 0 bridgehead atoms. The van der Waals surface area contributed by atoms with Gasteiger partial charge in [0.05, 0.1) is 18.0 Å². The lowest BCUT2D eigenvalue weighted by Gasteiger charge is -2.04. The molecule has 1 heterocycles. The SMILES string of the molecule is CCOC(=O)c1sc(NCCS(=O)(=O)CC)c(C#N)c1N. The fourth-order valence-corrected chi connectivity index (χ4v) is 3.18. The van der Waals surface area contributed by atoms with Crippen LogP contribution in [0.1, 0.15) is 29.1 Å². The first-order chi connectivity index (χ1) is 9.86. The van der Waals surface area contributed by atoms with Gasteiger partial charge in [0.15, 0.2) is 9.84 Å². The zero-order valence-electron chi connectivity index (χ0n) is 11.8. The van der Waals surface area contributed by atoms with E-state index in [4.69, 9.17) is 15.7 Å². The van der Waals surface area contributed by atoms with Gasteiger partial charge in [-0.15, -0.1) is 11.3 Å². The van der Waals surface area contributed by atoms with Crippen LogP contribution in [0.5, 0.6) is 0 Å². The third kappa shape index (κ3) is 4.34. The summed E-state index contributed by atoms with van der Waals surface area (Å²) in [5, 5.41) is 12.3. The van der Waals surface area contributed by atoms with Crippen molar-refractivity contribution in [3.63, 3.8) is 0 Å². The first-order valence-electron chi connectivity index (χ1n) is 6.30. The monoisotopic (exact) mass is 331 g/mol. The second-order valence-corrected chi connectivity index (χ2v) is 7.54.